The fraction of sp³-hybridized carbons (Fsp3) is 0.0625. The lowest BCUT2D eigenvalue weighted by molar-refractivity contribution is -0.136. The molecular formula is C16H13N3O5. The van der Waals surface area contributed by atoms with E-state index in [-0.39, 0.29) is 18.0 Å². The van der Waals surface area contributed by atoms with Crippen LogP contribution >= 0.6 is 0 Å². The van der Waals surface area contributed by atoms with Gasteiger partial charge in [-0.05, 0) is 24.3 Å². The molecule has 8 nitrogen and oxygen atoms in total. The van der Waals surface area contributed by atoms with Gasteiger partial charge in [0.1, 0.15) is 17.0 Å². The van der Waals surface area contributed by atoms with Gasteiger partial charge in [-0.15, -0.1) is 0 Å². The van der Waals surface area contributed by atoms with E-state index >= 15 is 0 Å². The highest BCUT2D eigenvalue weighted by Crippen LogP contribution is 2.30. The molecule has 2 heterocycles. The number of carbonyl (C=O) groups excluding carboxylic acids is 3. The molecule has 0 aliphatic heterocycles. The molecule has 24 heavy (non-hydrogen) atoms. The van der Waals surface area contributed by atoms with Gasteiger partial charge in [0.2, 0.25) is 5.76 Å². The Morgan fingerprint density at radius 1 is 1.04 bits per heavy atom. The molecule has 0 unspecified atom stereocenters. The second kappa shape index (κ2) is 6.29. The highest BCUT2D eigenvalue weighted by atomic mass is 16.3. The van der Waals surface area contributed by atoms with E-state index in [0.717, 1.165) is 0 Å². The van der Waals surface area contributed by atoms with Crippen LogP contribution < -0.4 is 16.4 Å². The van der Waals surface area contributed by atoms with Crippen LogP contribution in [0.4, 0.5) is 5.69 Å². The van der Waals surface area contributed by atoms with Gasteiger partial charge in [0.25, 0.3) is 5.91 Å². The van der Waals surface area contributed by atoms with Crippen molar-refractivity contribution in [3.8, 4) is 0 Å². The molecule has 3 rings (SSSR count). The number of carbonyl (C=O) groups is 3. The van der Waals surface area contributed by atoms with Crippen LogP contribution in [0.5, 0.6) is 0 Å². The van der Waals surface area contributed by atoms with Crippen molar-refractivity contribution < 1.29 is 23.2 Å². The van der Waals surface area contributed by atoms with E-state index in [1.807, 2.05) is 0 Å². The van der Waals surface area contributed by atoms with E-state index < -0.39 is 17.7 Å². The summed E-state index contributed by atoms with van der Waals surface area (Å²) >= 11 is 0. The van der Waals surface area contributed by atoms with Crippen LogP contribution in [0.1, 0.15) is 16.3 Å². The predicted octanol–water partition coefficient (Wildman–Crippen LogP) is 1.38. The Morgan fingerprint density at radius 3 is 2.54 bits per heavy atom. The summed E-state index contributed by atoms with van der Waals surface area (Å²) in [5.74, 6) is -2.40. The monoisotopic (exact) mass is 327 g/mol. The van der Waals surface area contributed by atoms with E-state index in [4.69, 9.17) is 14.6 Å². The molecule has 4 N–H and O–H groups in total. The van der Waals surface area contributed by atoms with E-state index in [2.05, 4.69) is 10.6 Å². The van der Waals surface area contributed by atoms with Crippen LogP contribution in [0.2, 0.25) is 0 Å². The number of anilines is 1. The van der Waals surface area contributed by atoms with Crippen LogP contribution in [0, 0.1) is 0 Å². The molecule has 0 saturated heterocycles. The van der Waals surface area contributed by atoms with Crippen molar-refractivity contribution in [1.29, 1.82) is 0 Å². The minimum Gasteiger partial charge on any atom is -0.467 e. The van der Waals surface area contributed by atoms with Gasteiger partial charge in [0.15, 0.2) is 0 Å². The minimum absolute atomic E-state index is 0.0636. The number of hydrogen-bond acceptors (Lipinski definition) is 5. The van der Waals surface area contributed by atoms with Crippen molar-refractivity contribution in [1.82, 2.24) is 5.32 Å². The highest BCUT2D eigenvalue weighted by Gasteiger charge is 2.23. The van der Waals surface area contributed by atoms with Crippen LogP contribution in [-0.4, -0.2) is 17.7 Å². The first-order valence-electron chi connectivity index (χ1n) is 6.99. The number of nitrogens with one attached hydrogen (secondary N) is 2. The normalized spacial score (nSPS) is 10.5. The van der Waals surface area contributed by atoms with E-state index in [0.29, 0.717) is 16.7 Å². The maximum Gasteiger partial charge on any atom is 0.313 e. The van der Waals surface area contributed by atoms with E-state index in [1.54, 1.807) is 36.4 Å². The molecule has 0 bridgehead atoms. The minimum atomic E-state index is -0.949. The number of hydrogen-bond donors (Lipinski definition) is 3. The Labute approximate surface area is 135 Å². The molecule has 0 spiro atoms. The van der Waals surface area contributed by atoms with Gasteiger partial charge >= 0.3 is 11.8 Å². The van der Waals surface area contributed by atoms with Crippen molar-refractivity contribution in [2.75, 3.05) is 5.32 Å². The molecule has 0 radical (unpaired) electrons. The summed E-state index contributed by atoms with van der Waals surface area (Å²) in [6.07, 6.45) is 1.46. The predicted molar refractivity (Wildman–Crippen MR) is 83.9 cm³/mol. The molecule has 3 amide bonds. The summed E-state index contributed by atoms with van der Waals surface area (Å²) in [5, 5.41) is 5.24. The molecule has 2 aromatic heterocycles. The van der Waals surface area contributed by atoms with Crippen LogP contribution in [0.15, 0.2) is 51.5 Å². The van der Waals surface area contributed by atoms with Gasteiger partial charge in [-0.1, -0.05) is 12.1 Å². The smallest absolute Gasteiger partial charge is 0.313 e. The molecule has 0 saturated carbocycles. The molecule has 0 aliphatic carbocycles. The first-order valence-corrected chi connectivity index (χ1v) is 6.99. The number of benzene rings is 1. The lowest BCUT2D eigenvalue weighted by Gasteiger charge is -2.05. The zero-order chi connectivity index (χ0) is 17.1. The largest absolute Gasteiger partial charge is 0.467 e. The number of primary amides is 1. The number of fused-ring (bicyclic) bond motifs is 1. The highest BCUT2D eigenvalue weighted by molar-refractivity contribution is 6.40. The second-order valence-corrected chi connectivity index (χ2v) is 4.88. The quantitative estimate of drug-likeness (QED) is 0.624. The van der Waals surface area contributed by atoms with Crippen LogP contribution in [0.3, 0.4) is 0 Å². The van der Waals surface area contributed by atoms with Crippen molar-refractivity contribution in [3.05, 3.63) is 54.2 Å². The lowest BCUT2D eigenvalue weighted by atomic mass is 10.2. The summed E-state index contributed by atoms with van der Waals surface area (Å²) in [6, 6.07) is 9.99. The Morgan fingerprint density at radius 2 is 1.83 bits per heavy atom. The third-order valence-corrected chi connectivity index (χ3v) is 3.27. The summed E-state index contributed by atoms with van der Waals surface area (Å²) in [6.45, 7) is 0.0636. The third kappa shape index (κ3) is 2.98. The number of rotatable bonds is 4. The Kier molecular flexibility index (Phi) is 4.02. The third-order valence-electron chi connectivity index (χ3n) is 3.27. The molecular weight excluding hydrogens is 314 g/mol. The summed E-state index contributed by atoms with van der Waals surface area (Å²) < 4.78 is 10.4. The first-order chi connectivity index (χ1) is 11.6. The van der Waals surface area contributed by atoms with Crippen LogP contribution in [-0.2, 0) is 16.1 Å². The van der Waals surface area contributed by atoms with Gasteiger partial charge in [-0.25, -0.2) is 0 Å². The summed E-state index contributed by atoms with van der Waals surface area (Å²) in [7, 11) is 0. The number of para-hydroxylation sites is 1. The molecule has 3 aromatic rings. The zero-order valence-electron chi connectivity index (χ0n) is 12.4. The van der Waals surface area contributed by atoms with Gasteiger partial charge < -0.3 is 25.2 Å². The average molecular weight is 327 g/mol. The topological polar surface area (TPSA) is 128 Å². The molecule has 0 fully saturated rings. The zero-order valence-corrected chi connectivity index (χ0v) is 12.4. The molecule has 122 valence electrons. The second-order valence-electron chi connectivity index (χ2n) is 4.88. The number of furan rings is 2. The van der Waals surface area contributed by atoms with Crippen molar-refractivity contribution in [3.63, 3.8) is 0 Å². The van der Waals surface area contributed by atoms with E-state index in [1.165, 1.54) is 6.26 Å². The maximum atomic E-state index is 12.0. The fourth-order valence-electron chi connectivity index (χ4n) is 2.17. The Balaban J connectivity index is 1.78. The first kappa shape index (κ1) is 15.3. The van der Waals surface area contributed by atoms with Gasteiger partial charge in [0, 0.05) is 5.39 Å². The lowest BCUT2D eigenvalue weighted by Crippen LogP contribution is -2.35. The average Bonchev–Trinajstić information content (AvgIpc) is 3.20. The summed E-state index contributed by atoms with van der Waals surface area (Å²) in [4.78, 5) is 35.4. The van der Waals surface area contributed by atoms with Crippen molar-refractivity contribution >= 4 is 34.4 Å². The summed E-state index contributed by atoms with van der Waals surface area (Å²) in [5.41, 5.74) is 5.69. The fourth-order valence-corrected chi connectivity index (χ4v) is 2.17. The maximum absolute atomic E-state index is 12.0. The molecule has 8 heteroatoms. The number of amides is 3. The van der Waals surface area contributed by atoms with Crippen molar-refractivity contribution in [2.24, 2.45) is 5.73 Å². The Hall–Kier alpha value is -3.55. The van der Waals surface area contributed by atoms with Crippen molar-refractivity contribution in [2.45, 2.75) is 6.54 Å². The standard InChI is InChI=1S/C16H13N3O5/c17-14(20)13-12(10-5-1-2-6-11(10)24-13)19-16(22)15(21)18-8-9-4-3-7-23-9/h1-7H,8H2,(H2,17,20)(H,18,21)(H,19,22). The molecule has 1 aromatic carbocycles. The molecule has 0 aliphatic rings. The Bertz CT molecular complexity index is 911. The SMILES string of the molecule is NC(=O)c1oc2ccccc2c1NC(=O)C(=O)NCc1ccco1. The van der Waals surface area contributed by atoms with Gasteiger partial charge in [0.05, 0.1) is 12.8 Å². The van der Waals surface area contributed by atoms with Crippen LogP contribution in [0.25, 0.3) is 11.0 Å². The van der Waals surface area contributed by atoms with Gasteiger partial charge in [-0.3, -0.25) is 14.4 Å². The number of nitrogens with two attached hydrogens (primary N) is 1. The van der Waals surface area contributed by atoms with Gasteiger partial charge in [-0.2, -0.15) is 0 Å². The molecule has 0 atom stereocenters. The van der Waals surface area contributed by atoms with E-state index in [9.17, 15) is 14.4 Å².